The van der Waals surface area contributed by atoms with Crippen molar-refractivity contribution in [3.8, 4) is 0 Å². The second kappa shape index (κ2) is 6.22. The summed E-state index contributed by atoms with van der Waals surface area (Å²) in [4.78, 5) is 17.3. The predicted molar refractivity (Wildman–Crippen MR) is 72.6 cm³/mol. The van der Waals surface area contributed by atoms with Crippen LogP contribution in [0.5, 0.6) is 0 Å². The molecule has 3 rings (SSSR count). The van der Waals surface area contributed by atoms with Gasteiger partial charge in [0, 0.05) is 31.3 Å². The third-order valence-corrected chi connectivity index (χ3v) is 3.73. The number of aromatic nitrogens is 1. The molecule has 1 aromatic rings. The standard InChI is InChI=1S/C15H17FN2O3/c16-13-2-1-4-17-14(13)8-18(7-11-3-5-20-9-11)12-6-15(19)21-10-12/h1-2,4,6,11H,3,5,7-10H2. The first-order valence-corrected chi connectivity index (χ1v) is 7.02. The second-order valence-corrected chi connectivity index (χ2v) is 5.29. The molecule has 1 aromatic heterocycles. The summed E-state index contributed by atoms with van der Waals surface area (Å²) < 4.78 is 24.1. The van der Waals surface area contributed by atoms with Gasteiger partial charge in [-0.2, -0.15) is 0 Å². The number of halogens is 1. The lowest BCUT2D eigenvalue weighted by molar-refractivity contribution is -0.135. The highest BCUT2D eigenvalue weighted by atomic mass is 19.1. The fourth-order valence-electron chi connectivity index (χ4n) is 2.58. The fraction of sp³-hybridized carbons (Fsp3) is 0.467. The molecule has 1 unspecified atom stereocenters. The zero-order valence-corrected chi connectivity index (χ0v) is 11.6. The van der Waals surface area contributed by atoms with E-state index in [4.69, 9.17) is 9.47 Å². The Balaban J connectivity index is 1.76. The zero-order valence-electron chi connectivity index (χ0n) is 11.6. The quantitative estimate of drug-likeness (QED) is 0.770. The molecule has 0 aliphatic carbocycles. The highest BCUT2D eigenvalue weighted by Gasteiger charge is 2.25. The Hall–Kier alpha value is -1.95. The Morgan fingerprint density at radius 2 is 2.38 bits per heavy atom. The second-order valence-electron chi connectivity index (χ2n) is 5.29. The smallest absolute Gasteiger partial charge is 0.333 e. The molecule has 2 aliphatic rings. The van der Waals surface area contributed by atoms with Crippen molar-refractivity contribution in [3.05, 3.63) is 41.6 Å². The van der Waals surface area contributed by atoms with Crippen LogP contribution in [0.3, 0.4) is 0 Å². The van der Waals surface area contributed by atoms with Gasteiger partial charge in [-0.3, -0.25) is 4.98 Å². The average molecular weight is 292 g/mol. The molecular weight excluding hydrogens is 275 g/mol. The van der Waals surface area contributed by atoms with Gasteiger partial charge in [-0.15, -0.1) is 0 Å². The van der Waals surface area contributed by atoms with Gasteiger partial charge in [0.25, 0.3) is 0 Å². The Morgan fingerprint density at radius 3 is 3.05 bits per heavy atom. The molecule has 1 atom stereocenters. The molecule has 2 aliphatic heterocycles. The molecule has 3 heterocycles. The fourth-order valence-corrected chi connectivity index (χ4v) is 2.58. The molecule has 0 aromatic carbocycles. The van der Waals surface area contributed by atoms with Crippen LogP contribution in [0.4, 0.5) is 4.39 Å². The number of rotatable bonds is 5. The van der Waals surface area contributed by atoms with E-state index in [0.717, 1.165) is 18.7 Å². The minimum atomic E-state index is -0.348. The van der Waals surface area contributed by atoms with E-state index in [1.165, 1.54) is 12.1 Å². The van der Waals surface area contributed by atoms with Crippen LogP contribution < -0.4 is 0 Å². The molecule has 0 saturated carbocycles. The van der Waals surface area contributed by atoms with Crippen LogP contribution in [-0.2, 0) is 20.8 Å². The molecule has 1 saturated heterocycles. The highest BCUT2D eigenvalue weighted by Crippen LogP contribution is 2.21. The number of nitrogens with zero attached hydrogens (tertiary/aromatic N) is 2. The molecule has 0 amide bonds. The first-order valence-electron chi connectivity index (χ1n) is 7.02. The SMILES string of the molecule is O=C1C=C(N(Cc2ncccc2F)CC2CCOC2)CO1. The van der Waals surface area contributed by atoms with Gasteiger partial charge < -0.3 is 14.4 Å². The monoisotopic (exact) mass is 292 g/mol. The molecule has 0 N–H and O–H groups in total. The van der Waals surface area contributed by atoms with Crippen molar-refractivity contribution in [2.24, 2.45) is 5.92 Å². The Labute approximate surface area is 122 Å². The molecule has 0 spiro atoms. The highest BCUT2D eigenvalue weighted by molar-refractivity contribution is 5.85. The van der Waals surface area contributed by atoms with Gasteiger partial charge >= 0.3 is 5.97 Å². The molecule has 6 heteroatoms. The first-order chi connectivity index (χ1) is 10.2. The number of ether oxygens (including phenoxy) is 2. The van der Waals surface area contributed by atoms with E-state index in [1.54, 1.807) is 12.3 Å². The van der Waals surface area contributed by atoms with Gasteiger partial charge in [-0.05, 0) is 18.6 Å². The maximum Gasteiger partial charge on any atom is 0.333 e. The lowest BCUT2D eigenvalue weighted by Crippen LogP contribution is -2.30. The van der Waals surface area contributed by atoms with E-state index in [-0.39, 0.29) is 18.4 Å². The number of carbonyl (C=O) groups excluding carboxylic acids is 1. The number of hydrogen-bond donors (Lipinski definition) is 0. The maximum absolute atomic E-state index is 13.8. The Morgan fingerprint density at radius 1 is 1.48 bits per heavy atom. The largest absolute Gasteiger partial charge is 0.456 e. The number of cyclic esters (lactones) is 1. The molecule has 1 fully saturated rings. The number of carbonyl (C=O) groups is 1. The summed E-state index contributed by atoms with van der Waals surface area (Å²) >= 11 is 0. The summed E-state index contributed by atoms with van der Waals surface area (Å²) in [7, 11) is 0. The summed E-state index contributed by atoms with van der Waals surface area (Å²) in [6.07, 6.45) is 4.01. The Bertz CT molecular complexity index is 556. The van der Waals surface area contributed by atoms with Crippen LogP contribution in [-0.4, -0.2) is 42.2 Å². The lowest BCUT2D eigenvalue weighted by atomic mass is 10.1. The van der Waals surface area contributed by atoms with Gasteiger partial charge in [-0.1, -0.05) is 0 Å². The molecule has 0 bridgehead atoms. The van der Waals surface area contributed by atoms with Crippen LogP contribution >= 0.6 is 0 Å². The van der Waals surface area contributed by atoms with Gasteiger partial charge in [0.1, 0.15) is 12.4 Å². The molecule has 21 heavy (non-hydrogen) atoms. The molecule has 112 valence electrons. The van der Waals surface area contributed by atoms with Crippen molar-refractivity contribution in [1.82, 2.24) is 9.88 Å². The van der Waals surface area contributed by atoms with Crippen LogP contribution in [0.1, 0.15) is 12.1 Å². The Kier molecular flexibility index (Phi) is 4.15. The van der Waals surface area contributed by atoms with E-state index in [2.05, 4.69) is 4.98 Å². The minimum absolute atomic E-state index is 0.237. The average Bonchev–Trinajstić information content (AvgIpc) is 3.12. The normalized spacial score (nSPS) is 21.3. The van der Waals surface area contributed by atoms with Crippen molar-refractivity contribution < 1.29 is 18.7 Å². The van der Waals surface area contributed by atoms with Crippen LogP contribution in [0.2, 0.25) is 0 Å². The van der Waals surface area contributed by atoms with Gasteiger partial charge in [-0.25, -0.2) is 9.18 Å². The van der Waals surface area contributed by atoms with E-state index >= 15 is 0 Å². The number of esters is 1. The minimum Gasteiger partial charge on any atom is -0.456 e. The molecule has 5 nitrogen and oxygen atoms in total. The summed E-state index contributed by atoms with van der Waals surface area (Å²) in [6, 6.07) is 2.96. The summed E-state index contributed by atoms with van der Waals surface area (Å²) in [5, 5.41) is 0. The van der Waals surface area contributed by atoms with Crippen LogP contribution in [0.15, 0.2) is 30.1 Å². The van der Waals surface area contributed by atoms with Gasteiger partial charge in [0.05, 0.1) is 24.5 Å². The van der Waals surface area contributed by atoms with E-state index < -0.39 is 0 Å². The van der Waals surface area contributed by atoms with Crippen molar-refractivity contribution >= 4 is 5.97 Å². The third-order valence-electron chi connectivity index (χ3n) is 3.73. The summed E-state index contributed by atoms with van der Waals surface area (Å²) in [6.45, 7) is 2.72. The summed E-state index contributed by atoms with van der Waals surface area (Å²) in [5.41, 5.74) is 1.15. The van der Waals surface area contributed by atoms with Crippen molar-refractivity contribution in [3.63, 3.8) is 0 Å². The molecular formula is C15H17FN2O3. The van der Waals surface area contributed by atoms with Crippen molar-refractivity contribution in [2.75, 3.05) is 26.4 Å². The van der Waals surface area contributed by atoms with Crippen molar-refractivity contribution in [2.45, 2.75) is 13.0 Å². The predicted octanol–water partition coefficient (Wildman–Crippen LogP) is 1.50. The molecule has 0 radical (unpaired) electrons. The first kappa shape index (κ1) is 14.0. The maximum atomic E-state index is 13.8. The zero-order chi connectivity index (χ0) is 14.7. The number of pyridine rings is 1. The lowest BCUT2D eigenvalue weighted by Gasteiger charge is -2.27. The van der Waals surface area contributed by atoms with E-state index in [0.29, 0.717) is 31.3 Å². The number of hydrogen-bond acceptors (Lipinski definition) is 5. The van der Waals surface area contributed by atoms with E-state index in [9.17, 15) is 9.18 Å². The topological polar surface area (TPSA) is 51.7 Å². The van der Waals surface area contributed by atoms with Gasteiger partial charge in [0.15, 0.2) is 0 Å². The summed E-state index contributed by atoms with van der Waals surface area (Å²) in [5.74, 6) is -0.302. The van der Waals surface area contributed by atoms with Gasteiger partial charge in [0.2, 0.25) is 0 Å². The van der Waals surface area contributed by atoms with Crippen LogP contribution in [0, 0.1) is 11.7 Å². The third kappa shape index (κ3) is 3.39. The van der Waals surface area contributed by atoms with Crippen molar-refractivity contribution in [1.29, 1.82) is 0 Å². The van der Waals surface area contributed by atoms with E-state index in [1.807, 2.05) is 4.90 Å². The van der Waals surface area contributed by atoms with Crippen LogP contribution in [0.25, 0.3) is 0 Å².